The molecule has 0 aliphatic heterocycles. The van der Waals surface area contributed by atoms with Crippen molar-refractivity contribution in [2.24, 2.45) is 0 Å². The highest BCUT2D eigenvalue weighted by molar-refractivity contribution is 6.30. The van der Waals surface area contributed by atoms with Crippen LogP contribution in [-0.4, -0.2) is 42.8 Å². The van der Waals surface area contributed by atoms with Gasteiger partial charge in [-0.25, -0.2) is 0 Å². The first-order chi connectivity index (χ1) is 10.2. The molecule has 0 aromatic heterocycles. The maximum atomic E-state index is 8.96. The Hall–Kier alpha value is -0.610. The molecule has 0 amide bonds. The number of rotatable bonds is 11. The zero-order valence-electron chi connectivity index (χ0n) is 13.3. The van der Waals surface area contributed by atoms with Gasteiger partial charge >= 0.3 is 0 Å². The minimum atomic E-state index is 0.269. The summed E-state index contributed by atoms with van der Waals surface area (Å²) in [7, 11) is 0. The molecule has 1 aromatic carbocycles. The summed E-state index contributed by atoms with van der Waals surface area (Å²) in [6, 6.07) is 8.51. The maximum absolute atomic E-state index is 8.96. The van der Waals surface area contributed by atoms with Crippen LogP contribution in [0.15, 0.2) is 24.3 Å². The van der Waals surface area contributed by atoms with Crippen molar-refractivity contribution in [3.8, 4) is 0 Å². The maximum Gasteiger partial charge on any atom is 0.0443 e. The second-order valence-corrected chi connectivity index (χ2v) is 5.79. The highest BCUT2D eigenvalue weighted by atomic mass is 35.5. The normalized spacial score (nSPS) is 12.8. The Morgan fingerprint density at radius 3 is 2.48 bits per heavy atom. The van der Waals surface area contributed by atoms with Crippen LogP contribution >= 0.6 is 11.6 Å². The van der Waals surface area contributed by atoms with Crippen LogP contribution in [0, 0.1) is 0 Å². The van der Waals surface area contributed by atoms with Crippen LogP contribution in [0.25, 0.3) is 0 Å². The zero-order chi connectivity index (χ0) is 15.5. The minimum absolute atomic E-state index is 0.269. The van der Waals surface area contributed by atoms with Gasteiger partial charge in [-0.15, -0.1) is 0 Å². The number of hydrogen-bond donors (Lipinski definition) is 2. The fourth-order valence-corrected chi connectivity index (χ4v) is 2.56. The predicted molar refractivity (Wildman–Crippen MR) is 90.9 cm³/mol. The van der Waals surface area contributed by atoms with Crippen molar-refractivity contribution in [1.29, 1.82) is 0 Å². The summed E-state index contributed by atoms with van der Waals surface area (Å²) in [5.41, 5.74) is 1.30. The van der Waals surface area contributed by atoms with E-state index in [1.807, 2.05) is 12.1 Å². The number of nitrogens with zero attached hydrogens (tertiary/aromatic N) is 1. The minimum Gasteiger partial charge on any atom is -0.396 e. The first-order valence-electron chi connectivity index (χ1n) is 8.03. The average Bonchev–Trinajstić information content (AvgIpc) is 2.51. The van der Waals surface area contributed by atoms with E-state index in [-0.39, 0.29) is 6.61 Å². The van der Waals surface area contributed by atoms with Gasteiger partial charge in [0.25, 0.3) is 0 Å². The first kappa shape index (κ1) is 18.4. The molecule has 1 unspecified atom stereocenters. The van der Waals surface area contributed by atoms with Gasteiger partial charge in [0.1, 0.15) is 0 Å². The lowest BCUT2D eigenvalue weighted by Gasteiger charge is -2.25. The number of nitrogens with one attached hydrogen (secondary N) is 1. The Balaban J connectivity index is 2.58. The van der Waals surface area contributed by atoms with Gasteiger partial charge in [0, 0.05) is 24.2 Å². The lowest BCUT2D eigenvalue weighted by Crippen LogP contribution is -2.31. The molecule has 3 nitrogen and oxygen atoms in total. The fourth-order valence-electron chi connectivity index (χ4n) is 2.43. The van der Waals surface area contributed by atoms with Gasteiger partial charge < -0.3 is 15.3 Å². The Bertz CT molecular complexity index is 370. The molecule has 0 radical (unpaired) electrons. The van der Waals surface area contributed by atoms with Crippen molar-refractivity contribution in [1.82, 2.24) is 10.2 Å². The molecule has 0 bridgehead atoms. The van der Waals surface area contributed by atoms with Gasteiger partial charge in [0.05, 0.1) is 0 Å². The topological polar surface area (TPSA) is 35.5 Å². The van der Waals surface area contributed by atoms with E-state index >= 15 is 0 Å². The fraction of sp³-hybridized carbons (Fsp3) is 0.647. The molecule has 0 saturated heterocycles. The van der Waals surface area contributed by atoms with Crippen molar-refractivity contribution >= 4 is 11.6 Å². The molecule has 1 rings (SSSR count). The summed E-state index contributed by atoms with van der Waals surface area (Å²) in [5, 5.41) is 13.4. The molecule has 0 aliphatic rings. The van der Waals surface area contributed by atoms with Crippen molar-refractivity contribution in [3.05, 3.63) is 34.9 Å². The lowest BCUT2D eigenvalue weighted by atomic mass is 10.0. The summed E-state index contributed by atoms with van der Waals surface area (Å²) in [6.45, 7) is 8.69. The van der Waals surface area contributed by atoms with E-state index in [9.17, 15) is 0 Å². The van der Waals surface area contributed by atoms with Gasteiger partial charge in [-0.3, -0.25) is 0 Å². The molecule has 1 atom stereocenters. The Labute approximate surface area is 134 Å². The molecule has 120 valence electrons. The van der Waals surface area contributed by atoms with Crippen molar-refractivity contribution in [3.63, 3.8) is 0 Å². The molecular weight excluding hydrogens is 284 g/mol. The van der Waals surface area contributed by atoms with Crippen LogP contribution in [0.2, 0.25) is 5.02 Å². The average molecular weight is 313 g/mol. The largest absolute Gasteiger partial charge is 0.396 e. The van der Waals surface area contributed by atoms with E-state index in [1.54, 1.807) is 0 Å². The number of benzene rings is 1. The monoisotopic (exact) mass is 312 g/mol. The summed E-state index contributed by atoms with van der Waals surface area (Å²) in [4.78, 5) is 2.40. The summed E-state index contributed by atoms with van der Waals surface area (Å²) in [6.07, 6.45) is 3.05. The van der Waals surface area contributed by atoms with Gasteiger partial charge in [0.2, 0.25) is 0 Å². The molecule has 4 heteroatoms. The molecule has 0 spiro atoms. The third kappa shape index (κ3) is 7.28. The van der Waals surface area contributed by atoms with Gasteiger partial charge in [0.15, 0.2) is 0 Å². The third-order valence-corrected chi connectivity index (χ3v) is 3.98. The van der Waals surface area contributed by atoms with Crippen LogP contribution in [0.4, 0.5) is 0 Å². The van der Waals surface area contributed by atoms with Crippen LogP contribution in [-0.2, 0) is 0 Å². The molecule has 0 saturated carbocycles. The lowest BCUT2D eigenvalue weighted by molar-refractivity contribution is 0.222. The van der Waals surface area contributed by atoms with E-state index in [0.29, 0.717) is 6.04 Å². The number of aliphatic hydroxyl groups is 1. The Kier molecular flexibility index (Phi) is 9.68. The van der Waals surface area contributed by atoms with Crippen molar-refractivity contribution in [2.75, 3.05) is 32.8 Å². The van der Waals surface area contributed by atoms with E-state index in [4.69, 9.17) is 16.7 Å². The third-order valence-electron chi connectivity index (χ3n) is 3.73. The van der Waals surface area contributed by atoms with Gasteiger partial charge in [-0.05, 0) is 56.6 Å². The Morgan fingerprint density at radius 2 is 1.90 bits per heavy atom. The standard InChI is InChI=1S/C17H29ClN2O/c1-3-11-19-17(15-6-8-16(18)9-7-15)10-13-20(4-2)12-5-14-21/h6-9,17,19,21H,3-5,10-14H2,1-2H3. The van der Waals surface area contributed by atoms with E-state index < -0.39 is 0 Å². The number of aliphatic hydroxyl groups excluding tert-OH is 1. The smallest absolute Gasteiger partial charge is 0.0443 e. The molecule has 2 N–H and O–H groups in total. The molecule has 0 fully saturated rings. The molecular formula is C17H29ClN2O. The molecule has 1 aromatic rings. The second-order valence-electron chi connectivity index (χ2n) is 5.36. The van der Waals surface area contributed by atoms with Crippen LogP contribution in [0.5, 0.6) is 0 Å². The summed E-state index contributed by atoms with van der Waals surface area (Å²) < 4.78 is 0. The summed E-state index contributed by atoms with van der Waals surface area (Å²) >= 11 is 5.98. The zero-order valence-corrected chi connectivity index (χ0v) is 14.1. The van der Waals surface area contributed by atoms with Gasteiger partial charge in [-0.1, -0.05) is 37.6 Å². The summed E-state index contributed by atoms with van der Waals surface area (Å²) in [5.74, 6) is 0. The molecule has 0 aliphatic carbocycles. The Morgan fingerprint density at radius 1 is 1.19 bits per heavy atom. The van der Waals surface area contributed by atoms with Crippen LogP contribution in [0.1, 0.15) is 44.7 Å². The van der Waals surface area contributed by atoms with Crippen molar-refractivity contribution < 1.29 is 5.11 Å². The van der Waals surface area contributed by atoms with E-state index in [0.717, 1.165) is 50.5 Å². The highest BCUT2D eigenvalue weighted by Gasteiger charge is 2.12. The SMILES string of the molecule is CCCNC(CCN(CC)CCCO)c1ccc(Cl)cc1. The van der Waals surface area contributed by atoms with Crippen LogP contribution < -0.4 is 5.32 Å². The first-order valence-corrected chi connectivity index (χ1v) is 8.41. The van der Waals surface area contributed by atoms with Gasteiger partial charge in [-0.2, -0.15) is 0 Å². The number of hydrogen-bond acceptors (Lipinski definition) is 3. The highest BCUT2D eigenvalue weighted by Crippen LogP contribution is 2.20. The predicted octanol–water partition coefficient (Wildman–Crippen LogP) is 3.48. The number of halogens is 1. The van der Waals surface area contributed by atoms with E-state index in [2.05, 4.69) is 36.2 Å². The molecule has 0 heterocycles. The second kappa shape index (κ2) is 11.0. The molecule has 21 heavy (non-hydrogen) atoms. The van der Waals surface area contributed by atoms with E-state index in [1.165, 1.54) is 5.56 Å². The van der Waals surface area contributed by atoms with Crippen molar-refractivity contribution in [2.45, 2.75) is 39.2 Å². The quantitative estimate of drug-likeness (QED) is 0.656. The van der Waals surface area contributed by atoms with Crippen LogP contribution in [0.3, 0.4) is 0 Å².